The highest BCUT2D eigenvalue weighted by Gasteiger charge is 2.21. The Kier molecular flexibility index (Phi) is 5.49. The van der Waals surface area contributed by atoms with Gasteiger partial charge in [-0.15, -0.1) is 0 Å². The van der Waals surface area contributed by atoms with Crippen LogP contribution < -0.4 is 10.6 Å². The van der Waals surface area contributed by atoms with E-state index in [1.54, 1.807) is 0 Å². The largest absolute Gasteiger partial charge is 0.507 e. The highest BCUT2D eigenvalue weighted by Crippen LogP contribution is 2.19. The number of carbonyl (C=O) groups excluding carboxylic acids is 2. The van der Waals surface area contributed by atoms with Crippen LogP contribution in [0.5, 0.6) is 5.75 Å². The zero-order chi connectivity index (χ0) is 15.3. The molecule has 0 fully saturated rings. The Labute approximate surface area is 117 Å². The van der Waals surface area contributed by atoms with Gasteiger partial charge in [0.2, 0.25) is 5.91 Å². The Hall–Kier alpha value is -2.11. The Morgan fingerprint density at radius 1 is 1.30 bits per heavy atom. The van der Waals surface area contributed by atoms with Crippen LogP contribution in [0.15, 0.2) is 18.2 Å². The Morgan fingerprint density at radius 3 is 2.50 bits per heavy atom. The second kappa shape index (κ2) is 6.88. The fourth-order valence-corrected chi connectivity index (χ4v) is 1.53. The van der Waals surface area contributed by atoms with Crippen molar-refractivity contribution in [2.75, 3.05) is 6.54 Å². The zero-order valence-electron chi connectivity index (χ0n) is 11.7. The molecule has 0 radical (unpaired) electrons. The predicted molar refractivity (Wildman–Crippen MR) is 72.8 cm³/mol. The van der Waals surface area contributed by atoms with Gasteiger partial charge in [-0.1, -0.05) is 19.9 Å². The number of rotatable bonds is 5. The van der Waals surface area contributed by atoms with Gasteiger partial charge >= 0.3 is 0 Å². The van der Waals surface area contributed by atoms with E-state index in [1.807, 2.05) is 13.8 Å². The first-order valence-corrected chi connectivity index (χ1v) is 6.39. The topological polar surface area (TPSA) is 78.4 Å². The first-order valence-electron chi connectivity index (χ1n) is 6.39. The molecule has 1 rings (SSSR count). The molecule has 1 atom stereocenters. The van der Waals surface area contributed by atoms with Crippen molar-refractivity contribution < 1.29 is 19.1 Å². The van der Waals surface area contributed by atoms with Crippen LogP contribution in [0, 0.1) is 11.7 Å². The lowest BCUT2D eigenvalue weighted by Crippen LogP contribution is -2.45. The number of phenols is 1. The zero-order valence-corrected chi connectivity index (χ0v) is 11.7. The molecular formula is C14H19FN2O3. The average Bonchev–Trinajstić information content (AvgIpc) is 2.35. The summed E-state index contributed by atoms with van der Waals surface area (Å²) in [5.41, 5.74) is -0.462. The van der Waals surface area contributed by atoms with Crippen molar-refractivity contribution in [3.05, 3.63) is 29.6 Å². The molecule has 0 saturated heterocycles. The van der Waals surface area contributed by atoms with Crippen molar-refractivity contribution in [3.63, 3.8) is 0 Å². The maximum absolute atomic E-state index is 13.5. The van der Waals surface area contributed by atoms with Crippen LogP contribution in [0.25, 0.3) is 0 Å². The van der Waals surface area contributed by atoms with Gasteiger partial charge < -0.3 is 15.7 Å². The van der Waals surface area contributed by atoms with Gasteiger partial charge in [0.1, 0.15) is 23.2 Å². The lowest BCUT2D eigenvalue weighted by atomic mass is 10.1. The van der Waals surface area contributed by atoms with Crippen molar-refractivity contribution in [3.8, 4) is 5.75 Å². The maximum atomic E-state index is 13.5. The summed E-state index contributed by atoms with van der Waals surface area (Å²) >= 11 is 0. The molecule has 1 aromatic carbocycles. The van der Waals surface area contributed by atoms with Crippen molar-refractivity contribution in [1.29, 1.82) is 0 Å². The molecule has 1 aromatic rings. The molecule has 3 N–H and O–H groups in total. The number of amides is 2. The van der Waals surface area contributed by atoms with E-state index >= 15 is 0 Å². The van der Waals surface area contributed by atoms with Crippen LogP contribution in [0.3, 0.4) is 0 Å². The van der Waals surface area contributed by atoms with Gasteiger partial charge in [0, 0.05) is 6.54 Å². The number of nitrogens with one attached hydrogen (secondary N) is 2. The van der Waals surface area contributed by atoms with E-state index in [2.05, 4.69) is 10.6 Å². The molecule has 0 spiro atoms. The lowest BCUT2D eigenvalue weighted by Gasteiger charge is -2.15. The number of carbonyl (C=O) groups is 2. The number of benzene rings is 1. The standard InChI is InChI=1S/C14H19FN2O3/c1-8(2)7-16-13(19)9(3)17-14(20)12-10(15)5-4-6-11(12)18/h4-6,8-9,18H,7H2,1-3H3,(H,16,19)(H,17,20). The highest BCUT2D eigenvalue weighted by atomic mass is 19.1. The second-order valence-corrected chi connectivity index (χ2v) is 4.97. The number of phenolic OH excluding ortho intramolecular Hbond substituents is 1. The summed E-state index contributed by atoms with van der Waals surface area (Å²) in [5.74, 6) is -2.19. The monoisotopic (exact) mass is 282 g/mol. The summed E-state index contributed by atoms with van der Waals surface area (Å²) in [6.45, 7) is 5.87. The van der Waals surface area contributed by atoms with E-state index in [-0.39, 0.29) is 11.8 Å². The molecule has 1 unspecified atom stereocenters. The number of halogens is 1. The molecule has 0 bridgehead atoms. The van der Waals surface area contributed by atoms with E-state index < -0.39 is 29.1 Å². The van der Waals surface area contributed by atoms with Gasteiger partial charge in [0.25, 0.3) is 5.91 Å². The fourth-order valence-electron chi connectivity index (χ4n) is 1.53. The van der Waals surface area contributed by atoms with Gasteiger partial charge in [-0.05, 0) is 25.0 Å². The van der Waals surface area contributed by atoms with Gasteiger partial charge in [0.05, 0.1) is 0 Å². The van der Waals surface area contributed by atoms with E-state index in [1.165, 1.54) is 19.1 Å². The summed E-state index contributed by atoms with van der Waals surface area (Å²) in [7, 11) is 0. The first kappa shape index (κ1) is 15.9. The van der Waals surface area contributed by atoms with Gasteiger partial charge in [-0.25, -0.2) is 4.39 Å². The number of aromatic hydroxyl groups is 1. The van der Waals surface area contributed by atoms with Crippen molar-refractivity contribution >= 4 is 11.8 Å². The highest BCUT2D eigenvalue weighted by molar-refractivity contribution is 5.99. The van der Waals surface area contributed by atoms with Crippen molar-refractivity contribution in [2.45, 2.75) is 26.8 Å². The third kappa shape index (κ3) is 4.22. The quantitative estimate of drug-likeness (QED) is 0.764. The number of hydrogen-bond acceptors (Lipinski definition) is 3. The molecule has 0 aliphatic rings. The minimum Gasteiger partial charge on any atom is -0.507 e. The third-order valence-electron chi connectivity index (χ3n) is 2.64. The predicted octanol–water partition coefficient (Wildman–Crippen LogP) is 1.42. The molecule has 110 valence electrons. The van der Waals surface area contributed by atoms with Crippen LogP contribution >= 0.6 is 0 Å². The Bertz CT molecular complexity index is 483. The van der Waals surface area contributed by atoms with Crippen LogP contribution in [0.2, 0.25) is 0 Å². The Balaban J connectivity index is 2.68. The summed E-state index contributed by atoms with van der Waals surface area (Å²) in [4.78, 5) is 23.6. The van der Waals surface area contributed by atoms with Crippen LogP contribution in [-0.2, 0) is 4.79 Å². The maximum Gasteiger partial charge on any atom is 0.258 e. The van der Waals surface area contributed by atoms with E-state index in [9.17, 15) is 19.1 Å². The first-order chi connectivity index (χ1) is 9.32. The summed E-state index contributed by atoms with van der Waals surface area (Å²) in [6.07, 6.45) is 0. The minimum absolute atomic E-state index is 0.289. The molecule has 0 saturated carbocycles. The number of hydrogen-bond donors (Lipinski definition) is 3. The van der Waals surface area contributed by atoms with E-state index in [4.69, 9.17) is 0 Å². The third-order valence-corrected chi connectivity index (χ3v) is 2.64. The lowest BCUT2D eigenvalue weighted by molar-refractivity contribution is -0.122. The molecule has 5 nitrogen and oxygen atoms in total. The SMILES string of the molecule is CC(C)CNC(=O)C(C)NC(=O)c1c(O)cccc1F. The normalized spacial score (nSPS) is 12.1. The molecule has 0 aromatic heterocycles. The van der Waals surface area contributed by atoms with E-state index in [0.717, 1.165) is 6.07 Å². The molecule has 0 aliphatic heterocycles. The molecule has 20 heavy (non-hydrogen) atoms. The summed E-state index contributed by atoms with van der Waals surface area (Å²) < 4.78 is 13.5. The summed E-state index contributed by atoms with van der Waals surface area (Å²) in [5, 5.41) is 14.5. The van der Waals surface area contributed by atoms with Crippen molar-refractivity contribution in [2.24, 2.45) is 5.92 Å². The smallest absolute Gasteiger partial charge is 0.258 e. The molecular weight excluding hydrogens is 263 g/mol. The second-order valence-electron chi connectivity index (χ2n) is 4.97. The fraction of sp³-hybridized carbons (Fsp3) is 0.429. The molecule has 0 heterocycles. The van der Waals surface area contributed by atoms with Crippen LogP contribution in [-0.4, -0.2) is 29.5 Å². The molecule has 2 amide bonds. The van der Waals surface area contributed by atoms with E-state index in [0.29, 0.717) is 6.54 Å². The summed E-state index contributed by atoms with van der Waals surface area (Å²) in [6, 6.07) is 2.75. The van der Waals surface area contributed by atoms with Crippen LogP contribution in [0.4, 0.5) is 4.39 Å². The van der Waals surface area contributed by atoms with Gasteiger partial charge in [-0.2, -0.15) is 0 Å². The average molecular weight is 282 g/mol. The molecule has 0 aliphatic carbocycles. The van der Waals surface area contributed by atoms with Crippen LogP contribution in [0.1, 0.15) is 31.1 Å². The Morgan fingerprint density at radius 2 is 1.95 bits per heavy atom. The minimum atomic E-state index is -0.836. The van der Waals surface area contributed by atoms with Gasteiger partial charge in [0.15, 0.2) is 0 Å². The van der Waals surface area contributed by atoms with Crippen molar-refractivity contribution in [1.82, 2.24) is 10.6 Å². The van der Waals surface area contributed by atoms with Gasteiger partial charge in [-0.3, -0.25) is 9.59 Å². The molecule has 6 heteroatoms.